The SMILES string of the molecule is Cc1cn(OCc2ccc(C#N)cc2)c(-c2cccc(C#N)c2)n1. The van der Waals surface area contributed by atoms with Crippen molar-refractivity contribution in [2.24, 2.45) is 0 Å². The number of nitrogens with zero attached hydrogens (tertiary/aromatic N) is 4. The summed E-state index contributed by atoms with van der Waals surface area (Å²) in [4.78, 5) is 10.3. The van der Waals surface area contributed by atoms with Gasteiger partial charge in [0.15, 0.2) is 5.82 Å². The highest BCUT2D eigenvalue weighted by Gasteiger charge is 2.10. The van der Waals surface area contributed by atoms with E-state index in [2.05, 4.69) is 17.1 Å². The fourth-order valence-corrected chi connectivity index (χ4v) is 2.31. The smallest absolute Gasteiger partial charge is 0.175 e. The fraction of sp³-hybridized carbons (Fsp3) is 0.105. The van der Waals surface area contributed by atoms with Crippen molar-refractivity contribution < 1.29 is 4.84 Å². The zero-order chi connectivity index (χ0) is 16.9. The second-order valence-corrected chi connectivity index (χ2v) is 5.31. The molecule has 5 heteroatoms. The molecule has 0 N–H and O–H groups in total. The molecular formula is C19H14N4O. The van der Waals surface area contributed by atoms with Gasteiger partial charge in [-0.15, -0.1) is 0 Å². The van der Waals surface area contributed by atoms with E-state index >= 15 is 0 Å². The summed E-state index contributed by atoms with van der Waals surface area (Å²) >= 11 is 0. The van der Waals surface area contributed by atoms with Crippen molar-refractivity contribution in [2.45, 2.75) is 13.5 Å². The lowest BCUT2D eigenvalue weighted by Gasteiger charge is -2.10. The quantitative estimate of drug-likeness (QED) is 0.741. The topological polar surface area (TPSA) is 74.6 Å². The van der Waals surface area contributed by atoms with Crippen molar-refractivity contribution in [1.82, 2.24) is 9.71 Å². The summed E-state index contributed by atoms with van der Waals surface area (Å²) in [6.45, 7) is 2.24. The summed E-state index contributed by atoms with van der Waals surface area (Å²) in [5, 5.41) is 17.9. The van der Waals surface area contributed by atoms with Crippen LogP contribution in [0.4, 0.5) is 0 Å². The molecule has 0 radical (unpaired) electrons. The maximum Gasteiger partial charge on any atom is 0.175 e. The van der Waals surface area contributed by atoms with Crippen molar-refractivity contribution >= 4 is 0 Å². The summed E-state index contributed by atoms with van der Waals surface area (Å²) in [6.07, 6.45) is 1.80. The molecule has 5 nitrogen and oxygen atoms in total. The normalized spacial score (nSPS) is 9.96. The molecule has 0 bridgehead atoms. The molecule has 0 unspecified atom stereocenters. The molecule has 0 fully saturated rings. The largest absolute Gasteiger partial charge is 0.407 e. The van der Waals surface area contributed by atoms with Gasteiger partial charge in [0.05, 0.1) is 35.2 Å². The molecule has 0 amide bonds. The van der Waals surface area contributed by atoms with Crippen LogP contribution in [-0.4, -0.2) is 9.71 Å². The molecule has 3 rings (SSSR count). The van der Waals surface area contributed by atoms with Gasteiger partial charge >= 0.3 is 0 Å². The third kappa shape index (κ3) is 3.26. The second-order valence-electron chi connectivity index (χ2n) is 5.31. The second kappa shape index (κ2) is 6.68. The van der Waals surface area contributed by atoms with Crippen molar-refractivity contribution in [2.75, 3.05) is 0 Å². The average molecular weight is 314 g/mol. The minimum atomic E-state index is 0.354. The van der Waals surface area contributed by atoms with Gasteiger partial charge in [-0.2, -0.15) is 15.3 Å². The van der Waals surface area contributed by atoms with Crippen LogP contribution in [0, 0.1) is 29.6 Å². The number of nitriles is 2. The van der Waals surface area contributed by atoms with E-state index < -0.39 is 0 Å². The molecular weight excluding hydrogens is 300 g/mol. The van der Waals surface area contributed by atoms with E-state index in [1.807, 2.05) is 31.2 Å². The number of hydrogen-bond acceptors (Lipinski definition) is 4. The molecule has 116 valence electrons. The maximum atomic E-state index is 9.05. The Morgan fingerprint density at radius 3 is 2.50 bits per heavy atom. The molecule has 24 heavy (non-hydrogen) atoms. The number of hydrogen-bond donors (Lipinski definition) is 0. The van der Waals surface area contributed by atoms with Crippen LogP contribution in [0.25, 0.3) is 11.4 Å². The third-order valence-corrected chi connectivity index (χ3v) is 3.50. The number of benzene rings is 2. The lowest BCUT2D eigenvalue weighted by Crippen LogP contribution is -2.11. The highest BCUT2D eigenvalue weighted by atomic mass is 16.7. The summed E-state index contributed by atoms with van der Waals surface area (Å²) in [5.41, 5.74) is 3.80. The van der Waals surface area contributed by atoms with Crippen LogP contribution < -0.4 is 4.84 Å². The van der Waals surface area contributed by atoms with E-state index in [0.717, 1.165) is 16.8 Å². The fourth-order valence-electron chi connectivity index (χ4n) is 2.31. The lowest BCUT2D eigenvalue weighted by atomic mass is 10.1. The van der Waals surface area contributed by atoms with E-state index in [4.69, 9.17) is 15.4 Å². The van der Waals surface area contributed by atoms with Gasteiger partial charge in [0.25, 0.3) is 0 Å². The Balaban J connectivity index is 1.83. The van der Waals surface area contributed by atoms with Crippen LogP contribution in [0.5, 0.6) is 0 Å². The molecule has 2 aromatic carbocycles. The summed E-state index contributed by atoms with van der Waals surface area (Å²) in [5.74, 6) is 0.651. The monoisotopic (exact) mass is 314 g/mol. The molecule has 1 aromatic heterocycles. The van der Waals surface area contributed by atoms with Crippen molar-refractivity contribution in [1.29, 1.82) is 10.5 Å². The molecule has 0 saturated carbocycles. The highest BCUT2D eigenvalue weighted by molar-refractivity contribution is 5.58. The molecule has 0 atom stereocenters. The molecule has 0 aliphatic carbocycles. The van der Waals surface area contributed by atoms with Crippen LogP contribution >= 0.6 is 0 Å². The molecule has 0 spiro atoms. The molecule has 0 aliphatic heterocycles. The van der Waals surface area contributed by atoms with E-state index in [-0.39, 0.29) is 0 Å². The molecule has 0 aliphatic rings. The maximum absolute atomic E-state index is 9.05. The number of aromatic nitrogens is 2. The van der Waals surface area contributed by atoms with E-state index in [1.54, 1.807) is 35.2 Å². The Bertz CT molecular complexity index is 943. The minimum absolute atomic E-state index is 0.354. The van der Waals surface area contributed by atoms with Gasteiger partial charge in [0.1, 0.15) is 6.61 Å². The van der Waals surface area contributed by atoms with Gasteiger partial charge in [-0.25, -0.2) is 4.98 Å². The van der Waals surface area contributed by atoms with Gasteiger partial charge in [0.2, 0.25) is 0 Å². The third-order valence-electron chi connectivity index (χ3n) is 3.50. The Labute approximate surface area is 139 Å². The Kier molecular flexibility index (Phi) is 4.27. The predicted octanol–water partition coefficient (Wildman–Crippen LogP) is 3.23. The minimum Gasteiger partial charge on any atom is -0.407 e. The van der Waals surface area contributed by atoms with E-state index in [0.29, 0.717) is 23.6 Å². The first kappa shape index (κ1) is 15.3. The van der Waals surface area contributed by atoms with Crippen molar-refractivity contribution in [3.63, 3.8) is 0 Å². The number of aryl methyl sites for hydroxylation is 1. The van der Waals surface area contributed by atoms with Gasteiger partial charge < -0.3 is 4.84 Å². The summed E-state index contributed by atoms with van der Waals surface area (Å²) in [7, 11) is 0. The molecule has 3 aromatic rings. The van der Waals surface area contributed by atoms with Gasteiger partial charge in [-0.05, 0) is 36.8 Å². The number of imidazole rings is 1. The molecule has 0 saturated heterocycles. The van der Waals surface area contributed by atoms with Crippen LogP contribution in [0.2, 0.25) is 0 Å². The van der Waals surface area contributed by atoms with Crippen molar-refractivity contribution in [3.8, 4) is 23.5 Å². The first-order valence-electron chi connectivity index (χ1n) is 7.38. The van der Waals surface area contributed by atoms with Crippen molar-refractivity contribution in [3.05, 3.63) is 77.1 Å². The first-order valence-corrected chi connectivity index (χ1v) is 7.38. The standard InChI is InChI=1S/C19H14N4O/c1-14-12-23(24-13-16-7-5-15(10-20)6-8-16)19(22-14)18-4-2-3-17(9-18)11-21/h2-9,12H,13H2,1H3. The summed E-state index contributed by atoms with van der Waals surface area (Å²) in [6, 6.07) is 18.7. The molecule has 1 heterocycles. The van der Waals surface area contributed by atoms with Crippen LogP contribution in [-0.2, 0) is 6.61 Å². The van der Waals surface area contributed by atoms with Gasteiger partial charge in [-0.1, -0.05) is 24.3 Å². The van der Waals surface area contributed by atoms with E-state index in [9.17, 15) is 0 Å². The van der Waals surface area contributed by atoms with Gasteiger partial charge in [-0.3, -0.25) is 0 Å². The first-order chi connectivity index (χ1) is 11.7. The van der Waals surface area contributed by atoms with E-state index in [1.165, 1.54) is 0 Å². The van der Waals surface area contributed by atoms with Gasteiger partial charge in [0, 0.05) is 5.56 Å². The lowest BCUT2D eigenvalue weighted by molar-refractivity contribution is 0.101. The highest BCUT2D eigenvalue weighted by Crippen LogP contribution is 2.19. The zero-order valence-electron chi connectivity index (χ0n) is 13.1. The Hall–Kier alpha value is -3.57. The number of rotatable bonds is 4. The van der Waals surface area contributed by atoms with Crippen LogP contribution in [0.3, 0.4) is 0 Å². The van der Waals surface area contributed by atoms with Crippen LogP contribution in [0.1, 0.15) is 22.4 Å². The van der Waals surface area contributed by atoms with Crippen LogP contribution in [0.15, 0.2) is 54.7 Å². The Morgan fingerprint density at radius 1 is 1.04 bits per heavy atom. The summed E-state index contributed by atoms with van der Waals surface area (Å²) < 4.78 is 1.62. The average Bonchev–Trinajstić information content (AvgIpc) is 3.01. The zero-order valence-corrected chi connectivity index (χ0v) is 13.1. The Morgan fingerprint density at radius 2 is 1.79 bits per heavy atom. The predicted molar refractivity (Wildman–Crippen MR) is 88.6 cm³/mol.